The number of hydrogen-bond acceptors (Lipinski definition) is 9. The first-order chi connectivity index (χ1) is 17.8. The molecule has 4 unspecified atom stereocenters. The normalized spacial score (nSPS) is 21.2. The SMILES string of the molecule is CC1CN(C=O)C(c2nn(-c3ccnc(N)n3)c3cc(C#CC(C)(O)c4ncccn4)ccc23)C(C)O1. The molecular formula is C26H26N8O3. The van der Waals surface area contributed by atoms with Crippen molar-refractivity contribution in [2.75, 3.05) is 12.3 Å². The lowest BCUT2D eigenvalue weighted by molar-refractivity contribution is -0.141. The quantitative estimate of drug-likeness (QED) is 0.317. The largest absolute Gasteiger partial charge is 0.371 e. The number of hydrogen-bond donors (Lipinski definition) is 2. The predicted molar refractivity (Wildman–Crippen MR) is 135 cm³/mol. The molecule has 5 rings (SSSR count). The zero-order chi connectivity index (χ0) is 26.2. The Hall–Kier alpha value is -4.40. The van der Waals surface area contributed by atoms with Crippen LogP contribution in [0.1, 0.15) is 43.9 Å². The average Bonchev–Trinajstić information content (AvgIpc) is 3.26. The molecule has 4 atom stereocenters. The fraction of sp³-hybridized carbons (Fsp3) is 0.308. The van der Waals surface area contributed by atoms with E-state index in [0.717, 1.165) is 11.8 Å². The second-order valence-corrected chi connectivity index (χ2v) is 9.10. The fourth-order valence-electron chi connectivity index (χ4n) is 4.54. The summed E-state index contributed by atoms with van der Waals surface area (Å²) in [6, 6.07) is 8.55. The summed E-state index contributed by atoms with van der Waals surface area (Å²) < 4.78 is 7.71. The van der Waals surface area contributed by atoms with Crippen molar-refractivity contribution in [2.24, 2.45) is 0 Å². The molecule has 11 nitrogen and oxygen atoms in total. The Labute approximate surface area is 213 Å². The number of rotatable bonds is 4. The molecule has 0 aliphatic carbocycles. The van der Waals surface area contributed by atoms with Crippen LogP contribution in [0.4, 0.5) is 5.95 Å². The number of nitrogen functional groups attached to an aromatic ring is 1. The summed E-state index contributed by atoms with van der Waals surface area (Å²) in [4.78, 5) is 30.2. The molecule has 0 bridgehead atoms. The molecule has 37 heavy (non-hydrogen) atoms. The van der Waals surface area contributed by atoms with Crippen LogP contribution in [0.2, 0.25) is 0 Å². The number of nitrogens with two attached hydrogens (primary N) is 1. The Morgan fingerprint density at radius 3 is 2.70 bits per heavy atom. The summed E-state index contributed by atoms with van der Waals surface area (Å²) in [5.41, 5.74) is 6.31. The van der Waals surface area contributed by atoms with Crippen molar-refractivity contribution in [1.82, 2.24) is 34.6 Å². The molecular weight excluding hydrogens is 472 g/mol. The maximum absolute atomic E-state index is 12.0. The minimum atomic E-state index is -1.54. The van der Waals surface area contributed by atoms with Gasteiger partial charge >= 0.3 is 0 Å². The maximum atomic E-state index is 12.0. The topological polar surface area (TPSA) is 145 Å². The van der Waals surface area contributed by atoms with Gasteiger partial charge in [-0.25, -0.2) is 19.6 Å². The number of carbonyl (C=O) groups is 1. The van der Waals surface area contributed by atoms with Crippen LogP contribution >= 0.6 is 0 Å². The van der Waals surface area contributed by atoms with Gasteiger partial charge in [0, 0.05) is 42.2 Å². The Morgan fingerprint density at radius 1 is 1.19 bits per heavy atom. The Bertz CT molecular complexity index is 1510. The number of benzene rings is 1. The van der Waals surface area contributed by atoms with E-state index in [2.05, 4.69) is 31.8 Å². The van der Waals surface area contributed by atoms with Crippen LogP contribution in [0, 0.1) is 11.8 Å². The average molecular weight is 499 g/mol. The van der Waals surface area contributed by atoms with E-state index in [9.17, 15) is 9.90 Å². The van der Waals surface area contributed by atoms with Gasteiger partial charge in [-0.2, -0.15) is 10.1 Å². The molecule has 3 N–H and O–H groups in total. The summed E-state index contributed by atoms with van der Waals surface area (Å²) >= 11 is 0. The van der Waals surface area contributed by atoms with E-state index in [4.69, 9.17) is 15.6 Å². The van der Waals surface area contributed by atoms with Crippen LogP contribution in [0.25, 0.3) is 16.7 Å². The lowest BCUT2D eigenvalue weighted by Crippen LogP contribution is -2.47. The molecule has 4 aromatic rings. The maximum Gasteiger partial charge on any atom is 0.221 e. The van der Waals surface area contributed by atoms with E-state index in [1.54, 1.807) is 47.2 Å². The molecule has 1 aliphatic heterocycles. The van der Waals surface area contributed by atoms with Crippen LogP contribution in [-0.2, 0) is 15.1 Å². The molecule has 1 amide bonds. The molecule has 188 valence electrons. The van der Waals surface area contributed by atoms with E-state index in [1.165, 1.54) is 0 Å². The first-order valence-electron chi connectivity index (χ1n) is 11.8. The second-order valence-electron chi connectivity index (χ2n) is 9.10. The van der Waals surface area contributed by atoms with Crippen LogP contribution in [0.15, 0.2) is 48.9 Å². The molecule has 0 saturated carbocycles. The zero-order valence-corrected chi connectivity index (χ0v) is 20.6. The van der Waals surface area contributed by atoms with E-state index < -0.39 is 11.6 Å². The molecule has 3 aromatic heterocycles. The predicted octanol–water partition coefficient (Wildman–Crippen LogP) is 1.75. The third-order valence-corrected chi connectivity index (χ3v) is 6.17. The fourth-order valence-corrected chi connectivity index (χ4v) is 4.54. The van der Waals surface area contributed by atoms with E-state index >= 15 is 0 Å². The van der Waals surface area contributed by atoms with Crippen molar-refractivity contribution >= 4 is 23.3 Å². The summed E-state index contributed by atoms with van der Waals surface area (Å²) in [7, 11) is 0. The van der Waals surface area contributed by atoms with Gasteiger partial charge in [0.05, 0.1) is 23.4 Å². The van der Waals surface area contributed by atoms with E-state index in [0.29, 0.717) is 29.1 Å². The molecule has 11 heteroatoms. The Kier molecular flexibility index (Phi) is 6.29. The molecule has 1 aromatic carbocycles. The van der Waals surface area contributed by atoms with Gasteiger partial charge < -0.3 is 20.5 Å². The monoisotopic (exact) mass is 498 g/mol. The van der Waals surface area contributed by atoms with Crippen molar-refractivity contribution in [1.29, 1.82) is 0 Å². The van der Waals surface area contributed by atoms with Crippen LogP contribution in [-0.4, -0.2) is 64.9 Å². The molecule has 0 spiro atoms. The highest BCUT2D eigenvalue weighted by Gasteiger charge is 2.36. The van der Waals surface area contributed by atoms with Gasteiger partial charge in [-0.05, 0) is 45.0 Å². The number of anilines is 1. The third-order valence-electron chi connectivity index (χ3n) is 6.17. The highest BCUT2D eigenvalue weighted by molar-refractivity contribution is 5.85. The molecule has 1 fully saturated rings. The number of fused-ring (bicyclic) bond motifs is 1. The van der Waals surface area contributed by atoms with E-state index in [1.807, 2.05) is 32.0 Å². The minimum Gasteiger partial charge on any atom is -0.371 e. The molecule has 1 saturated heterocycles. The smallest absolute Gasteiger partial charge is 0.221 e. The van der Waals surface area contributed by atoms with Gasteiger partial charge in [-0.1, -0.05) is 11.8 Å². The van der Waals surface area contributed by atoms with Crippen LogP contribution in [0.5, 0.6) is 0 Å². The van der Waals surface area contributed by atoms with Gasteiger partial charge in [0.2, 0.25) is 12.4 Å². The van der Waals surface area contributed by atoms with Crippen LogP contribution < -0.4 is 5.73 Å². The van der Waals surface area contributed by atoms with Crippen molar-refractivity contribution < 1.29 is 14.6 Å². The molecule has 4 heterocycles. The summed E-state index contributed by atoms with van der Waals surface area (Å²) in [5.74, 6) is 6.66. The minimum absolute atomic E-state index is 0.0882. The Balaban J connectivity index is 1.64. The van der Waals surface area contributed by atoms with Crippen molar-refractivity contribution in [2.45, 2.75) is 44.6 Å². The number of carbonyl (C=O) groups excluding carboxylic acids is 1. The highest BCUT2D eigenvalue weighted by Crippen LogP contribution is 2.35. The van der Waals surface area contributed by atoms with Gasteiger partial charge in [0.15, 0.2) is 17.2 Å². The second kappa shape index (κ2) is 9.57. The van der Waals surface area contributed by atoms with Crippen molar-refractivity contribution in [3.8, 4) is 17.7 Å². The standard InChI is InChI=1S/C26H26N8O3/c1-16-14-33(15-35)23(17(2)37-16)22-19-6-5-18(7-9-26(3,36)24-28-10-4-11-29-24)13-20(19)34(32-22)21-8-12-30-25(27)31-21/h4-6,8,10-13,15-17,23,36H,14H2,1-3H3,(H2,27,30,31). The lowest BCUT2D eigenvalue weighted by atomic mass is 10.00. The summed E-state index contributed by atoms with van der Waals surface area (Å²) in [5, 5.41) is 16.5. The number of ether oxygens (including phenoxy) is 1. The van der Waals surface area contributed by atoms with Gasteiger partial charge in [-0.3, -0.25) is 4.79 Å². The zero-order valence-electron chi connectivity index (χ0n) is 20.6. The van der Waals surface area contributed by atoms with Crippen molar-refractivity contribution in [3.63, 3.8) is 0 Å². The number of aliphatic hydroxyl groups is 1. The van der Waals surface area contributed by atoms with Crippen LogP contribution in [0.3, 0.4) is 0 Å². The van der Waals surface area contributed by atoms with Gasteiger partial charge in [0.1, 0.15) is 6.04 Å². The molecule has 1 aliphatic rings. The third kappa shape index (κ3) is 4.72. The first-order valence-corrected chi connectivity index (χ1v) is 11.8. The number of amides is 1. The summed E-state index contributed by atoms with van der Waals surface area (Å²) in [6.07, 6.45) is 5.12. The lowest BCUT2D eigenvalue weighted by Gasteiger charge is -2.40. The number of morpholine rings is 1. The first kappa shape index (κ1) is 24.3. The number of nitrogens with zero attached hydrogens (tertiary/aromatic N) is 7. The number of aromatic nitrogens is 6. The Morgan fingerprint density at radius 2 is 1.97 bits per heavy atom. The molecule has 0 radical (unpaired) electrons. The highest BCUT2D eigenvalue weighted by atomic mass is 16.5. The van der Waals surface area contributed by atoms with Gasteiger partial charge in [0.25, 0.3) is 0 Å². The van der Waals surface area contributed by atoms with E-state index in [-0.39, 0.29) is 24.0 Å². The van der Waals surface area contributed by atoms with Gasteiger partial charge in [-0.15, -0.1) is 0 Å². The van der Waals surface area contributed by atoms with Crippen molar-refractivity contribution in [3.05, 3.63) is 66.0 Å². The summed E-state index contributed by atoms with van der Waals surface area (Å²) in [6.45, 7) is 5.86.